The summed E-state index contributed by atoms with van der Waals surface area (Å²) in [5, 5.41) is 4.21. The van der Waals surface area contributed by atoms with Gasteiger partial charge in [0.2, 0.25) is 0 Å². The molecule has 8 nitrogen and oxygen atoms in total. The molecule has 8 aromatic rings. The number of aromatic nitrogens is 2. The molecular formula is C50H43ClF6N4O4S2. The van der Waals surface area contributed by atoms with Crippen LogP contribution in [0.25, 0.3) is 41.6 Å². The zero-order chi connectivity index (χ0) is 48.1. The molecule has 2 heterocycles. The van der Waals surface area contributed by atoms with E-state index in [1.807, 2.05) is 60.7 Å². The van der Waals surface area contributed by atoms with E-state index in [-0.39, 0.29) is 32.0 Å². The number of amides is 1. The van der Waals surface area contributed by atoms with Crippen LogP contribution >= 0.6 is 34.3 Å². The lowest BCUT2D eigenvalue weighted by Gasteiger charge is -2.09. The first kappa shape index (κ1) is 49.9. The lowest BCUT2D eigenvalue weighted by molar-refractivity contribution is -0.137. The second-order valence-electron chi connectivity index (χ2n) is 15.1. The molecule has 0 aliphatic rings. The minimum Gasteiger partial charge on any atom is -0.494 e. The maximum atomic E-state index is 12.5. The Bertz CT molecular complexity index is 2890. The van der Waals surface area contributed by atoms with Crippen molar-refractivity contribution >= 4 is 77.2 Å². The van der Waals surface area contributed by atoms with Crippen molar-refractivity contribution in [2.75, 3.05) is 24.3 Å². The minimum atomic E-state index is -4.18. The molecule has 3 N–H and O–H groups in total. The summed E-state index contributed by atoms with van der Waals surface area (Å²) in [6.45, 7) is 4.09. The summed E-state index contributed by atoms with van der Waals surface area (Å²) in [6, 6.07) is 40.0. The number of hydrogen-bond acceptors (Lipinski definition) is 9. The molecule has 17 heteroatoms. The van der Waals surface area contributed by atoms with Crippen LogP contribution in [-0.2, 0) is 0 Å². The molecular weight excluding hydrogens is 934 g/mol. The molecule has 0 unspecified atom stereocenters. The molecule has 8 rings (SSSR count). The maximum absolute atomic E-state index is 12.5. The van der Waals surface area contributed by atoms with E-state index in [2.05, 4.69) is 53.4 Å². The van der Waals surface area contributed by atoms with Crippen molar-refractivity contribution in [2.24, 2.45) is 0 Å². The Labute approximate surface area is 395 Å². The van der Waals surface area contributed by atoms with Crippen LogP contribution in [0, 0.1) is 13.8 Å². The van der Waals surface area contributed by atoms with Crippen molar-refractivity contribution in [3.05, 3.63) is 156 Å². The summed E-state index contributed by atoms with van der Waals surface area (Å²) >= 11 is 8.57. The van der Waals surface area contributed by atoms with Crippen molar-refractivity contribution in [3.8, 4) is 32.6 Å². The standard InChI is InChI=1S/C25H21F3N2O2S.C14H12N2S.C11H10ClF3O2/c1-16-3-12-21-22(15-16)33-24(30-21)18-4-8-19(9-5-18)29-23(31)17-6-10-20(11-7-17)32-14-2-13-25(26,27)28;1-9-2-7-12-13(8-9)17-14(16-12)10-3-5-11(15)6-4-10;12-10(16)8-2-4-9(5-3-8)17-7-1-6-11(13,14)15/h3-12,15H,2,13-14H2,1H3,(H,29,31);2-8H,15H2,1H3;2-5H,1,6-7H2. The number of carbonyl (C=O) groups excluding carboxylic acids is 2. The fourth-order valence-corrected chi connectivity index (χ4v) is 8.41. The minimum absolute atomic E-state index is 0.0202. The van der Waals surface area contributed by atoms with Crippen LogP contribution in [0.4, 0.5) is 37.7 Å². The number of carbonyl (C=O) groups is 2. The Morgan fingerprint density at radius 3 is 1.43 bits per heavy atom. The maximum Gasteiger partial charge on any atom is 0.389 e. The molecule has 67 heavy (non-hydrogen) atoms. The van der Waals surface area contributed by atoms with E-state index in [1.54, 1.807) is 46.9 Å². The van der Waals surface area contributed by atoms with E-state index < -0.39 is 30.4 Å². The number of alkyl halides is 6. The summed E-state index contributed by atoms with van der Waals surface area (Å²) in [5.41, 5.74) is 14.4. The van der Waals surface area contributed by atoms with Gasteiger partial charge in [-0.3, -0.25) is 9.59 Å². The summed E-state index contributed by atoms with van der Waals surface area (Å²) < 4.78 is 84.7. The van der Waals surface area contributed by atoms with Gasteiger partial charge in [0.05, 0.1) is 33.6 Å². The number of fused-ring (bicyclic) bond motifs is 2. The summed E-state index contributed by atoms with van der Waals surface area (Å²) in [5.74, 6) is 0.541. The van der Waals surface area contributed by atoms with Gasteiger partial charge in [0.25, 0.3) is 11.1 Å². The number of nitrogens with one attached hydrogen (secondary N) is 1. The number of rotatable bonds is 13. The Morgan fingerprint density at radius 2 is 1.01 bits per heavy atom. The molecule has 0 aliphatic carbocycles. The van der Waals surface area contributed by atoms with Crippen LogP contribution in [0.15, 0.2) is 133 Å². The van der Waals surface area contributed by atoms with Gasteiger partial charge in [0, 0.05) is 46.5 Å². The highest BCUT2D eigenvalue weighted by Gasteiger charge is 2.27. The lowest BCUT2D eigenvalue weighted by Crippen LogP contribution is -2.12. The molecule has 1 amide bonds. The molecule has 2 aromatic heterocycles. The third-order valence-electron chi connectivity index (χ3n) is 9.58. The van der Waals surface area contributed by atoms with E-state index >= 15 is 0 Å². The number of ether oxygens (including phenoxy) is 2. The van der Waals surface area contributed by atoms with Crippen LogP contribution in [-0.4, -0.2) is 46.7 Å². The first-order chi connectivity index (χ1) is 31.9. The van der Waals surface area contributed by atoms with E-state index in [9.17, 15) is 35.9 Å². The number of thiazole rings is 2. The monoisotopic (exact) mass is 976 g/mol. The zero-order valence-corrected chi connectivity index (χ0v) is 38.4. The molecule has 348 valence electrons. The molecule has 0 spiro atoms. The van der Waals surface area contributed by atoms with E-state index in [0.717, 1.165) is 42.6 Å². The smallest absolute Gasteiger partial charge is 0.389 e. The molecule has 6 aromatic carbocycles. The molecule has 0 aliphatic heterocycles. The summed E-state index contributed by atoms with van der Waals surface area (Å²) in [7, 11) is 0. The number of nitrogens with zero attached hydrogens (tertiary/aromatic N) is 2. The number of benzene rings is 6. The van der Waals surface area contributed by atoms with Crippen molar-refractivity contribution in [3.63, 3.8) is 0 Å². The van der Waals surface area contributed by atoms with Crippen molar-refractivity contribution in [1.82, 2.24) is 9.97 Å². The molecule has 0 radical (unpaired) electrons. The van der Waals surface area contributed by atoms with Gasteiger partial charge in [-0.2, -0.15) is 26.3 Å². The van der Waals surface area contributed by atoms with E-state index in [0.29, 0.717) is 28.3 Å². The average Bonchev–Trinajstić information content (AvgIpc) is 3.91. The first-order valence-corrected chi connectivity index (χ1v) is 22.7. The van der Waals surface area contributed by atoms with E-state index in [1.165, 1.54) is 40.1 Å². The third kappa shape index (κ3) is 15.8. The molecule has 0 fully saturated rings. The number of aryl methyl sites for hydroxylation is 2. The zero-order valence-electron chi connectivity index (χ0n) is 36.0. The second kappa shape index (κ2) is 22.8. The van der Waals surface area contributed by atoms with E-state index in [4.69, 9.17) is 26.8 Å². The van der Waals surface area contributed by atoms with Crippen LogP contribution in [0.3, 0.4) is 0 Å². The van der Waals surface area contributed by atoms with Crippen molar-refractivity contribution < 1.29 is 45.4 Å². The highest BCUT2D eigenvalue weighted by atomic mass is 35.5. The van der Waals surface area contributed by atoms with Gasteiger partial charge in [-0.1, -0.05) is 12.1 Å². The Morgan fingerprint density at radius 1 is 0.597 bits per heavy atom. The van der Waals surface area contributed by atoms with Gasteiger partial charge < -0.3 is 20.5 Å². The molecule has 0 saturated heterocycles. The van der Waals surface area contributed by atoms with Crippen LogP contribution < -0.4 is 20.5 Å². The van der Waals surface area contributed by atoms with Gasteiger partial charge in [0.1, 0.15) is 21.5 Å². The van der Waals surface area contributed by atoms with Crippen LogP contribution in [0.5, 0.6) is 11.5 Å². The molecule has 0 saturated carbocycles. The fraction of sp³-hybridized carbons (Fsp3) is 0.200. The SMILES string of the molecule is Cc1ccc2nc(-c3ccc(N)cc3)sc2c1.Cc1ccc2nc(-c3ccc(NC(=O)c4ccc(OCCCC(F)(F)F)cc4)cc3)sc2c1.O=C(Cl)c1ccc(OCCCC(F)(F)F)cc1. The third-order valence-corrected chi connectivity index (χ3v) is 11.9. The number of nitrogens with two attached hydrogens (primary N) is 1. The van der Waals surface area contributed by atoms with Gasteiger partial charge in [-0.25, -0.2) is 9.97 Å². The Balaban J connectivity index is 0.000000183. The fourth-order valence-electron chi connectivity index (χ4n) is 6.15. The predicted molar refractivity (Wildman–Crippen MR) is 257 cm³/mol. The molecule has 0 atom stereocenters. The Kier molecular flexibility index (Phi) is 17.0. The highest BCUT2D eigenvalue weighted by Crippen LogP contribution is 2.33. The van der Waals surface area contributed by atoms with Gasteiger partial charge >= 0.3 is 12.4 Å². The summed E-state index contributed by atoms with van der Waals surface area (Å²) in [4.78, 5) is 32.5. The summed E-state index contributed by atoms with van der Waals surface area (Å²) in [6.07, 6.45) is -10.3. The van der Waals surface area contributed by atoms with Gasteiger partial charge in [0.15, 0.2) is 0 Å². The molecule has 0 bridgehead atoms. The number of halogens is 7. The van der Waals surface area contributed by atoms with Crippen molar-refractivity contribution in [2.45, 2.75) is 51.9 Å². The Hall–Kier alpha value is -6.49. The average molecular weight is 977 g/mol. The largest absolute Gasteiger partial charge is 0.494 e. The number of anilines is 2. The van der Waals surface area contributed by atoms with Gasteiger partial charge in [-0.05, 0) is 171 Å². The predicted octanol–water partition coefficient (Wildman–Crippen LogP) is 14.9. The first-order valence-electron chi connectivity index (χ1n) is 20.7. The van der Waals surface area contributed by atoms with Crippen LogP contribution in [0.1, 0.15) is 57.5 Å². The van der Waals surface area contributed by atoms with Crippen LogP contribution in [0.2, 0.25) is 0 Å². The lowest BCUT2D eigenvalue weighted by atomic mass is 10.2. The number of nitrogen functional groups attached to an aromatic ring is 1. The topological polar surface area (TPSA) is 116 Å². The highest BCUT2D eigenvalue weighted by molar-refractivity contribution is 7.22. The van der Waals surface area contributed by atoms with Crippen molar-refractivity contribution in [1.29, 1.82) is 0 Å². The van der Waals surface area contributed by atoms with Gasteiger partial charge in [-0.15, -0.1) is 22.7 Å². The normalized spacial score (nSPS) is 11.3. The number of hydrogen-bond donors (Lipinski definition) is 2. The quantitative estimate of drug-likeness (QED) is 0.0511. The second-order valence-corrected chi connectivity index (χ2v) is 17.5.